The standard InChI is InChI=1S/C26H20ClN7O3/c27-19-8-10-23(34-15-28-32-33-34)17(13-19)7-11-24(35)29-22(12-16-4-2-1-3-5-16)25-30-20-9-6-18(26(36)37)14-21(20)31-25/h1-11,13-15,22H,12H2,(H,29,35)(H,30,31)(H,36,37). The maximum absolute atomic E-state index is 13.0. The molecule has 5 aromatic rings. The molecular weight excluding hydrogens is 494 g/mol. The van der Waals surface area contributed by atoms with Crippen LogP contribution in [0.15, 0.2) is 79.1 Å². The highest BCUT2D eigenvalue weighted by Crippen LogP contribution is 2.22. The molecule has 2 aromatic heterocycles. The molecule has 2 heterocycles. The molecule has 5 rings (SSSR count). The number of imidazole rings is 1. The molecular formula is C26H20ClN7O3. The van der Waals surface area contributed by atoms with Crippen LogP contribution in [0, 0.1) is 0 Å². The van der Waals surface area contributed by atoms with E-state index >= 15 is 0 Å². The van der Waals surface area contributed by atoms with Crippen LogP contribution in [0.3, 0.4) is 0 Å². The van der Waals surface area contributed by atoms with Crippen LogP contribution in [0.4, 0.5) is 0 Å². The molecule has 0 saturated heterocycles. The van der Waals surface area contributed by atoms with Gasteiger partial charge in [0.05, 0.1) is 28.3 Å². The molecule has 0 spiro atoms. The maximum Gasteiger partial charge on any atom is 0.335 e. The number of carboxylic acids is 1. The predicted octanol–water partition coefficient (Wildman–Crippen LogP) is 4.00. The second-order valence-corrected chi connectivity index (χ2v) is 8.64. The third kappa shape index (κ3) is 5.54. The fourth-order valence-corrected chi connectivity index (χ4v) is 4.10. The Morgan fingerprint density at radius 1 is 1.11 bits per heavy atom. The van der Waals surface area contributed by atoms with Gasteiger partial charge in [0.2, 0.25) is 5.91 Å². The molecule has 0 aliphatic carbocycles. The van der Waals surface area contributed by atoms with E-state index in [9.17, 15) is 14.7 Å². The van der Waals surface area contributed by atoms with Crippen molar-refractivity contribution in [2.45, 2.75) is 12.5 Å². The number of hydrogen-bond acceptors (Lipinski definition) is 6. The number of aromatic carboxylic acids is 1. The molecule has 1 unspecified atom stereocenters. The average Bonchev–Trinajstić information content (AvgIpc) is 3.57. The lowest BCUT2D eigenvalue weighted by molar-refractivity contribution is -0.117. The van der Waals surface area contributed by atoms with Crippen molar-refractivity contribution in [3.8, 4) is 5.69 Å². The van der Waals surface area contributed by atoms with E-state index < -0.39 is 12.0 Å². The third-order valence-corrected chi connectivity index (χ3v) is 5.91. The van der Waals surface area contributed by atoms with Crippen LogP contribution in [0.2, 0.25) is 5.02 Å². The van der Waals surface area contributed by atoms with Gasteiger partial charge in [0.1, 0.15) is 12.2 Å². The van der Waals surface area contributed by atoms with E-state index in [2.05, 4.69) is 30.8 Å². The van der Waals surface area contributed by atoms with Crippen LogP contribution in [0.5, 0.6) is 0 Å². The number of tetrazole rings is 1. The Balaban J connectivity index is 1.43. The van der Waals surface area contributed by atoms with Gasteiger partial charge in [0, 0.05) is 16.7 Å². The van der Waals surface area contributed by atoms with E-state index in [1.54, 1.807) is 30.3 Å². The number of fused-ring (bicyclic) bond motifs is 1. The van der Waals surface area contributed by atoms with Gasteiger partial charge < -0.3 is 15.4 Å². The molecule has 0 radical (unpaired) electrons. The molecule has 1 amide bonds. The highest BCUT2D eigenvalue weighted by Gasteiger charge is 2.19. The molecule has 1 atom stereocenters. The highest BCUT2D eigenvalue weighted by atomic mass is 35.5. The summed E-state index contributed by atoms with van der Waals surface area (Å²) in [6.45, 7) is 0. The largest absolute Gasteiger partial charge is 0.478 e. The smallest absolute Gasteiger partial charge is 0.335 e. The molecule has 0 saturated carbocycles. The first-order valence-corrected chi connectivity index (χ1v) is 11.6. The quantitative estimate of drug-likeness (QED) is 0.266. The van der Waals surface area contributed by atoms with Gasteiger partial charge in [-0.25, -0.2) is 9.78 Å². The number of nitrogens with one attached hydrogen (secondary N) is 2. The minimum Gasteiger partial charge on any atom is -0.478 e. The number of aromatic amines is 1. The fraction of sp³-hybridized carbons (Fsp3) is 0.0769. The number of aromatic nitrogens is 6. The van der Waals surface area contributed by atoms with Crippen LogP contribution in [-0.2, 0) is 11.2 Å². The fourth-order valence-electron chi connectivity index (χ4n) is 3.92. The lowest BCUT2D eigenvalue weighted by Crippen LogP contribution is -2.29. The van der Waals surface area contributed by atoms with Crippen LogP contribution in [0.25, 0.3) is 22.8 Å². The summed E-state index contributed by atoms with van der Waals surface area (Å²) in [6, 6.07) is 19.0. The van der Waals surface area contributed by atoms with Crippen molar-refractivity contribution >= 4 is 40.6 Å². The number of carboxylic acid groups (broad SMARTS) is 1. The minimum atomic E-state index is -1.03. The molecule has 3 aromatic carbocycles. The highest BCUT2D eigenvalue weighted by molar-refractivity contribution is 6.30. The zero-order valence-corrected chi connectivity index (χ0v) is 20.0. The SMILES string of the molecule is O=C(C=Cc1cc(Cl)ccc1-n1cnnn1)NC(Cc1ccccc1)c1nc2ccc(C(=O)O)cc2[nH]1. The lowest BCUT2D eigenvalue weighted by Gasteiger charge is -2.16. The van der Waals surface area contributed by atoms with Crippen LogP contribution in [-0.4, -0.2) is 47.2 Å². The van der Waals surface area contributed by atoms with Crippen LogP contribution >= 0.6 is 11.6 Å². The summed E-state index contributed by atoms with van der Waals surface area (Å²) < 4.78 is 1.48. The zero-order chi connectivity index (χ0) is 25.8. The number of benzene rings is 3. The molecule has 3 N–H and O–H groups in total. The summed E-state index contributed by atoms with van der Waals surface area (Å²) in [5, 5.41) is 24.0. The monoisotopic (exact) mass is 513 g/mol. The van der Waals surface area contributed by atoms with Gasteiger partial charge in [-0.15, -0.1) is 5.10 Å². The molecule has 0 aliphatic rings. The van der Waals surface area contributed by atoms with Crippen molar-refractivity contribution in [2.75, 3.05) is 0 Å². The van der Waals surface area contributed by atoms with Gasteiger partial charge in [-0.05, 0) is 64.9 Å². The van der Waals surface area contributed by atoms with Gasteiger partial charge in [0.25, 0.3) is 0 Å². The summed E-state index contributed by atoms with van der Waals surface area (Å²) in [4.78, 5) is 32.2. The summed E-state index contributed by atoms with van der Waals surface area (Å²) >= 11 is 6.17. The first-order chi connectivity index (χ1) is 18.0. The number of carbonyl (C=O) groups is 2. The predicted molar refractivity (Wildman–Crippen MR) is 137 cm³/mol. The third-order valence-electron chi connectivity index (χ3n) is 5.68. The van der Waals surface area contributed by atoms with Crippen molar-refractivity contribution in [3.63, 3.8) is 0 Å². The van der Waals surface area contributed by atoms with Crippen molar-refractivity contribution in [1.82, 2.24) is 35.5 Å². The second-order valence-electron chi connectivity index (χ2n) is 8.20. The van der Waals surface area contributed by atoms with Gasteiger partial charge in [0.15, 0.2) is 0 Å². The number of hydrogen-bond donors (Lipinski definition) is 3. The second kappa shape index (κ2) is 10.4. The van der Waals surface area contributed by atoms with Crippen molar-refractivity contribution in [3.05, 3.63) is 107 Å². The first-order valence-electron chi connectivity index (χ1n) is 11.2. The number of rotatable bonds is 8. The molecule has 184 valence electrons. The van der Waals surface area contributed by atoms with E-state index in [1.807, 2.05) is 30.3 Å². The minimum absolute atomic E-state index is 0.147. The molecule has 0 aliphatic heterocycles. The Morgan fingerprint density at radius 2 is 1.95 bits per heavy atom. The molecule has 10 nitrogen and oxygen atoms in total. The average molecular weight is 514 g/mol. The van der Waals surface area contributed by atoms with Crippen LogP contribution in [0.1, 0.15) is 33.4 Å². The number of H-pyrrole nitrogens is 1. The Bertz CT molecular complexity index is 1600. The van der Waals surface area contributed by atoms with Gasteiger partial charge >= 0.3 is 5.97 Å². The first kappa shape index (κ1) is 23.9. The lowest BCUT2D eigenvalue weighted by atomic mass is 10.1. The van der Waals surface area contributed by atoms with Crippen LogP contribution < -0.4 is 5.32 Å². The van der Waals surface area contributed by atoms with Crippen molar-refractivity contribution < 1.29 is 14.7 Å². The van der Waals surface area contributed by atoms with E-state index in [0.717, 1.165) is 5.56 Å². The van der Waals surface area contributed by atoms with Gasteiger partial charge in [-0.3, -0.25) is 4.79 Å². The summed E-state index contributed by atoms with van der Waals surface area (Å²) in [6.07, 6.45) is 4.96. The summed E-state index contributed by atoms with van der Waals surface area (Å²) in [5.74, 6) is -0.866. The van der Waals surface area contributed by atoms with Crippen molar-refractivity contribution in [1.29, 1.82) is 0 Å². The summed E-state index contributed by atoms with van der Waals surface area (Å²) in [7, 11) is 0. The summed E-state index contributed by atoms with van der Waals surface area (Å²) in [5.41, 5.74) is 3.63. The number of carbonyl (C=O) groups excluding carboxylic acids is 1. The molecule has 11 heteroatoms. The Hall–Kier alpha value is -4.83. The molecule has 0 fully saturated rings. The molecule has 37 heavy (non-hydrogen) atoms. The van der Waals surface area contributed by atoms with E-state index in [-0.39, 0.29) is 11.5 Å². The number of nitrogens with zero attached hydrogens (tertiary/aromatic N) is 5. The van der Waals surface area contributed by atoms with E-state index in [0.29, 0.717) is 39.6 Å². The normalized spacial score (nSPS) is 12.1. The van der Waals surface area contributed by atoms with Gasteiger partial charge in [-0.2, -0.15) is 4.68 Å². The van der Waals surface area contributed by atoms with Gasteiger partial charge in [-0.1, -0.05) is 41.9 Å². The Morgan fingerprint density at radius 3 is 2.70 bits per heavy atom. The number of amides is 1. The van der Waals surface area contributed by atoms with E-state index in [4.69, 9.17) is 11.6 Å². The zero-order valence-electron chi connectivity index (χ0n) is 19.2. The number of halogens is 1. The van der Waals surface area contributed by atoms with Crippen molar-refractivity contribution in [2.24, 2.45) is 0 Å². The molecule has 0 bridgehead atoms. The van der Waals surface area contributed by atoms with E-state index in [1.165, 1.54) is 29.2 Å². The maximum atomic E-state index is 13.0. The Kier molecular flexibility index (Phi) is 6.73. The topological polar surface area (TPSA) is 139 Å². The Labute approximate surface area is 215 Å².